The Bertz CT molecular complexity index is 420. The fourth-order valence-electron chi connectivity index (χ4n) is 2.50. The molecular formula is C13H18N2O2. The number of rotatable bonds is 5. The average molecular weight is 234 g/mol. The van der Waals surface area contributed by atoms with Crippen molar-refractivity contribution in [2.75, 3.05) is 20.3 Å². The van der Waals surface area contributed by atoms with E-state index in [1.54, 1.807) is 7.11 Å². The molecule has 1 atom stereocenters. The molecule has 0 spiro atoms. The van der Waals surface area contributed by atoms with Crippen molar-refractivity contribution in [3.63, 3.8) is 0 Å². The van der Waals surface area contributed by atoms with Gasteiger partial charge in [0.1, 0.15) is 5.54 Å². The summed E-state index contributed by atoms with van der Waals surface area (Å²) in [5.74, 6) is -0.307. The summed E-state index contributed by atoms with van der Waals surface area (Å²) in [6.07, 6.45) is 1.62. The van der Waals surface area contributed by atoms with Gasteiger partial charge in [-0.05, 0) is 24.0 Å². The molecule has 2 rings (SSSR count). The molecule has 1 aromatic carbocycles. The van der Waals surface area contributed by atoms with Gasteiger partial charge in [-0.1, -0.05) is 24.3 Å². The van der Waals surface area contributed by atoms with Crippen molar-refractivity contribution in [2.45, 2.75) is 18.4 Å². The minimum atomic E-state index is -0.713. The summed E-state index contributed by atoms with van der Waals surface area (Å²) >= 11 is 0. The van der Waals surface area contributed by atoms with E-state index >= 15 is 0 Å². The number of methoxy groups -OCH3 is 1. The molecule has 0 saturated heterocycles. The summed E-state index contributed by atoms with van der Waals surface area (Å²) in [4.78, 5) is 11.8. The minimum absolute atomic E-state index is 0.307. The van der Waals surface area contributed by atoms with E-state index in [0.717, 1.165) is 18.4 Å². The van der Waals surface area contributed by atoms with Crippen molar-refractivity contribution in [2.24, 2.45) is 5.73 Å². The van der Waals surface area contributed by atoms with Gasteiger partial charge >= 0.3 is 0 Å². The van der Waals surface area contributed by atoms with E-state index in [2.05, 4.69) is 11.4 Å². The van der Waals surface area contributed by atoms with Gasteiger partial charge in [0, 0.05) is 13.7 Å². The zero-order valence-corrected chi connectivity index (χ0v) is 10.0. The number of ether oxygens (including phenoxy) is 1. The second-order valence-electron chi connectivity index (χ2n) is 4.35. The number of aryl methyl sites for hydroxylation is 1. The molecule has 4 heteroatoms. The Balaban J connectivity index is 2.28. The van der Waals surface area contributed by atoms with Crippen LogP contribution in [0.3, 0.4) is 0 Å². The van der Waals surface area contributed by atoms with Crippen LogP contribution in [0.15, 0.2) is 24.3 Å². The predicted octanol–water partition coefficient (Wildman–Crippen LogP) is 0.549. The number of carbonyl (C=O) groups is 1. The number of benzene rings is 1. The third kappa shape index (κ3) is 2.06. The van der Waals surface area contributed by atoms with Gasteiger partial charge in [-0.2, -0.15) is 0 Å². The Labute approximate surface area is 101 Å². The van der Waals surface area contributed by atoms with Crippen molar-refractivity contribution in [3.8, 4) is 0 Å². The van der Waals surface area contributed by atoms with Crippen LogP contribution in [0, 0.1) is 0 Å². The van der Waals surface area contributed by atoms with Crippen LogP contribution in [0.2, 0.25) is 0 Å². The third-order valence-electron chi connectivity index (χ3n) is 3.40. The number of primary amides is 1. The summed E-state index contributed by atoms with van der Waals surface area (Å²) < 4.78 is 5.00. The number of carbonyl (C=O) groups excluding carboxylic acids is 1. The van der Waals surface area contributed by atoms with Crippen LogP contribution in [-0.2, 0) is 21.5 Å². The zero-order valence-electron chi connectivity index (χ0n) is 10.0. The smallest absolute Gasteiger partial charge is 0.242 e. The van der Waals surface area contributed by atoms with Gasteiger partial charge in [0.25, 0.3) is 0 Å². The van der Waals surface area contributed by atoms with Gasteiger partial charge in [0.2, 0.25) is 5.91 Å². The quantitative estimate of drug-likeness (QED) is 0.731. The first kappa shape index (κ1) is 12.1. The molecule has 1 aromatic rings. The molecule has 1 amide bonds. The molecule has 1 aliphatic rings. The zero-order chi connectivity index (χ0) is 12.3. The van der Waals surface area contributed by atoms with Crippen LogP contribution in [0.4, 0.5) is 0 Å². The second kappa shape index (κ2) is 4.85. The van der Waals surface area contributed by atoms with Gasteiger partial charge < -0.3 is 10.5 Å². The molecule has 0 heterocycles. The highest BCUT2D eigenvalue weighted by atomic mass is 16.5. The van der Waals surface area contributed by atoms with Crippen LogP contribution in [0.1, 0.15) is 17.5 Å². The van der Waals surface area contributed by atoms with E-state index in [4.69, 9.17) is 10.5 Å². The highest BCUT2D eigenvalue weighted by molar-refractivity contribution is 5.87. The Kier molecular flexibility index (Phi) is 3.45. The Morgan fingerprint density at radius 2 is 2.29 bits per heavy atom. The van der Waals surface area contributed by atoms with Crippen LogP contribution >= 0.6 is 0 Å². The summed E-state index contributed by atoms with van der Waals surface area (Å²) in [5.41, 5.74) is 7.10. The standard InChI is InChI=1S/C13H18N2O2/c1-17-9-8-15-13(12(14)16)7-6-10-4-2-3-5-11(10)13/h2-5,15H,6-9H2,1H3,(H2,14,16). The van der Waals surface area contributed by atoms with E-state index in [0.29, 0.717) is 13.2 Å². The number of amides is 1. The largest absolute Gasteiger partial charge is 0.383 e. The number of fused-ring (bicyclic) bond motifs is 1. The summed E-state index contributed by atoms with van der Waals surface area (Å²) in [5, 5.41) is 3.25. The van der Waals surface area contributed by atoms with Crippen molar-refractivity contribution in [1.29, 1.82) is 0 Å². The lowest BCUT2D eigenvalue weighted by Gasteiger charge is -2.28. The summed E-state index contributed by atoms with van der Waals surface area (Å²) in [7, 11) is 1.64. The van der Waals surface area contributed by atoms with Gasteiger partial charge in [-0.15, -0.1) is 0 Å². The molecule has 0 aromatic heterocycles. The first-order valence-corrected chi connectivity index (χ1v) is 5.83. The number of nitrogens with two attached hydrogens (primary N) is 1. The fourth-order valence-corrected chi connectivity index (χ4v) is 2.50. The highest BCUT2D eigenvalue weighted by Gasteiger charge is 2.43. The maximum atomic E-state index is 11.8. The van der Waals surface area contributed by atoms with Crippen LogP contribution in [0.25, 0.3) is 0 Å². The van der Waals surface area contributed by atoms with Gasteiger partial charge in [-0.25, -0.2) is 0 Å². The molecule has 0 fully saturated rings. The van der Waals surface area contributed by atoms with Crippen LogP contribution in [-0.4, -0.2) is 26.2 Å². The normalized spacial score (nSPS) is 22.4. The highest BCUT2D eigenvalue weighted by Crippen LogP contribution is 2.36. The first-order chi connectivity index (χ1) is 8.20. The molecule has 92 valence electrons. The number of hydrogen-bond donors (Lipinski definition) is 2. The summed E-state index contributed by atoms with van der Waals surface area (Å²) in [6, 6.07) is 7.97. The third-order valence-corrected chi connectivity index (χ3v) is 3.40. The molecule has 17 heavy (non-hydrogen) atoms. The lowest BCUT2D eigenvalue weighted by atomic mass is 9.91. The van der Waals surface area contributed by atoms with Crippen molar-refractivity contribution in [1.82, 2.24) is 5.32 Å². The molecule has 3 N–H and O–H groups in total. The van der Waals surface area contributed by atoms with Gasteiger partial charge in [0.05, 0.1) is 6.61 Å². The van der Waals surface area contributed by atoms with E-state index in [1.165, 1.54) is 5.56 Å². The van der Waals surface area contributed by atoms with Gasteiger partial charge in [-0.3, -0.25) is 10.1 Å². The number of nitrogens with one attached hydrogen (secondary N) is 1. The molecule has 0 aliphatic heterocycles. The molecule has 1 aliphatic carbocycles. The molecule has 0 bridgehead atoms. The molecular weight excluding hydrogens is 216 g/mol. The maximum Gasteiger partial charge on any atom is 0.242 e. The Morgan fingerprint density at radius 1 is 1.53 bits per heavy atom. The Morgan fingerprint density at radius 3 is 3.00 bits per heavy atom. The first-order valence-electron chi connectivity index (χ1n) is 5.83. The average Bonchev–Trinajstić information content (AvgIpc) is 2.70. The number of hydrogen-bond acceptors (Lipinski definition) is 3. The van der Waals surface area contributed by atoms with E-state index in [9.17, 15) is 4.79 Å². The van der Waals surface area contributed by atoms with Crippen molar-refractivity contribution >= 4 is 5.91 Å². The van der Waals surface area contributed by atoms with E-state index < -0.39 is 5.54 Å². The second-order valence-corrected chi connectivity index (χ2v) is 4.35. The van der Waals surface area contributed by atoms with Crippen LogP contribution in [0.5, 0.6) is 0 Å². The molecule has 0 radical (unpaired) electrons. The van der Waals surface area contributed by atoms with E-state index in [-0.39, 0.29) is 5.91 Å². The molecule has 4 nitrogen and oxygen atoms in total. The topological polar surface area (TPSA) is 64.3 Å². The minimum Gasteiger partial charge on any atom is -0.383 e. The molecule has 1 unspecified atom stereocenters. The van der Waals surface area contributed by atoms with E-state index in [1.807, 2.05) is 18.2 Å². The van der Waals surface area contributed by atoms with Crippen molar-refractivity contribution < 1.29 is 9.53 Å². The summed E-state index contributed by atoms with van der Waals surface area (Å²) in [6.45, 7) is 1.19. The Hall–Kier alpha value is -1.39. The monoisotopic (exact) mass is 234 g/mol. The molecule has 0 saturated carbocycles. The van der Waals surface area contributed by atoms with Crippen LogP contribution < -0.4 is 11.1 Å². The predicted molar refractivity (Wildman–Crippen MR) is 65.5 cm³/mol. The van der Waals surface area contributed by atoms with Gasteiger partial charge in [0.15, 0.2) is 0 Å². The lowest BCUT2D eigenvalue weighted by molar-refractivity contribution is -0.124. The SMILES string of the molecule is COCCNC1(C(N)=O)CCc2ccccc21. The lowest BCUT2D eigenvalue weighted by Crippen LogP contribution is -2.52. The fraction of sp³-hybridized carbons (Fsp3) is 0.462. The van der Waals surface area contributed by atoms with Crippen molar-refractivity contribution in [3.05, 3.63) is 35.4 Å². The maximum absolute atomic E-state index is 11.8.